The minimum absolute atomic E-state index is 0.649. The van der Waals surface area contributed by atoms with E-state index in [4.69, 9.17) is 26.0 Å². The molecule has 0 fully saturated rings. The third-order valence-electron chi connectivity index (χ3n) is 7.97. The molecular weight excluding hydrogens is 560 g/mol. The lowest BCUT2D eigenvalue weighted by Crippen LogP contribution is -1.96. The van der Waals surface area contributed by atoms with Crippen LogP contribution < -0.4 is 0 Å². The number of para-hydroxylation sites is 1. The smallest absolute Gasteiger partial charge is 0.160 e. The Balaban J connectivity index is 1.22. The predicted octanol–water partition coefficient (Wildman–Crippen LogP) is 11.4. The Kier molecular flexibility index (Phi) is 6.51. The summed E-state index contributed by atoms with van der Waals surface area (Å²) in [5, 5.41) is 2.90. The molecule has 0 bridgehead atoms. The number of hydrogen-bond acceptors (Lipinski definition) is 3. The molecule has 2 heterocycles. The quantitative estimate of drug-likeness (QED) is 0.202. The Morgan fingerprint density at radius 3 is 1.82 bits per heavy atom. The molecule has 208 valence electrons. The van der Waals surface area contributed by atoms with E-state index in [0.717, 1.165) is 66.7 Å². The van der Waals surface area contributed by atoms with Crippen molar-refractivity contribution in [3.63, 3.8) is 0 Å². The van der Waals surface area contributed by atoms with Crippen molar-refractivity contribution < 1.29 is 4.42 Å². The van der Waals surface area contributed by atoms with E-state index >= 15 is 0 Å². The predicted molar refractivity (Wildman–Crippen MR) is 181 cm³/mol. The summed E-state index contributed by atoms with van der Waals surface area (Å²) in [6.07, 6.45) is 0. The van der Waals surface area contributed by atoms with E-state index in [9.17, 15) is 0 Å². The van der Waals surface area contributed by atoms with Gasteiger partial charge < -0.3 is 4.42 Å². The number of furan rings is 1. The molecule has 0 aliphatic carbocycles. The third-order valence-corrected chi connectivity index (χ3v) is 8.20. The van der Waals surface area contributed by atoms with Crippen molar-refractivity contribution >= 4 is 33.5 Å². The fourth-order valence-corrected chi connectivity index (χ4v) is 5.92. The number of fused-ring (bicyclic) bond motifs is 3. The van der Waals surface area contributed by atoms with Crippen LogP contribution in [-0.2, 0) is 0 Å². The third kappa shape index (κ3) is 4.94. The Labute approximate surface area is 260 Å². The molecule has 2 aromatic heterocycles. The van der Waals surface area contributed by atoms with E-state index in [1.54, 1.807) is 0 Å². The van der Waals surface area contributed by atoms with Crippen LogP contribution in [0.4, 0.5) is 0 Å². The van der Waals surface area contributed by atoms with E-state index in [2.05, 4.69) is 97.1 Å². The maximum absolute atomic E-state index is 6.39. The first kappa shape index (κ1) is 26.1. The van der Waals surface area contributed by atoms with Gasteiger partial charge in [0.15, 0.2) is 5.82 Å². The standard InChI is InChI=1S/C40H25ClN2O/c41-33-13-7-11-31(23-33)37-25-36(28-18-16-27(17-19-28)26-8-2-1-3-9-26)42-40(43-37)32-12-6-10-29(22-32)30-20-21-35-34-14-4-5-15-38(34)44-39(35)24-30/h1-25H. The molecular formula is C40H25ClN2O. The molecule has 0 amide bonds. The highest BCUT2D eigenvalue weighted by molar-refractivity contribution is 6.30. The lowest BCUT2D eigenvalue weighted by atomic mass is 10.00. The fourth-order valence-electron chi connectivity index (χ4n) is 5.73. The van der Waals surface area contributed by atoms with Gasteiger partial charge in [-0.2, -0.15) is 0 Å². The number of halogens is 1. The molecule has 0 unspecified atom stereocenters. The fraction of sp³-hybridized carbons (Fsp3) is 0. The average molecular weight is 585 g/mol. The van der Waals surface area contributed by atoms with Crippen molar-refractivity contribution in [2.45, 2.75) is 0 Å². The van der Waals surface area contributed by atoms with Gasteiger partial charge in [-0.15, -0.1) is 0 Å². The number of aromatic nitrogens is 2. The summed E-state index contributed by atoms with van der Waals surface area (Å²) in [6, 6.07) is 51.6. The van der Waals surface area contributed by atoms with E-state index in [0.29, 0.717) is 10.8 Å². The highest BCUT2D eigenvalue weighted by Crippen LogP contribution is 2.34. The Hall–Kier alpha value is -5.51. The molecule has 0 spiro atoms. The molecule has 6 aromatic carbocycles. The monoisotopic (exact) mass is 584 g/mol. The maximum Gasteiger partial charge on any atom is 0.160 e. The van der Waals surface area contributed by atoms with Gasteiger partial charge in [-0.25, -0.2) is 9.97 Å². The number of rotatable bonds is 5. The van der Waals surface area contributed by atoms with Gasteiger partial charge >= 0.3 is 0 Å². The number of nitrogens with zero attached hydrogens (tertiary/aromatic N) is 2. The first-order valence-electron chi connectivity index (χ1n) is 14.5. The van der Waals surface area contributed by atoms with E-state index in [1.165, 1.54) is 5.56 Å². The molecule has 44 heavy (non-hydrogen) atoms. The van der Waals surface area contributed by atoms with Gasteiger partial charge in [-0.3, -0.25) is 0 Å². The van der Waals surface area contributed by atoms with Gasteiger partial charge in [0, 0.05) is 32.5 Å². The van der Waals surface area contributed by atoms with Crippen LogP contribution in [0, 0.1) is 0 Å². The van der Waals surface area contributed by atoms with Crippen LogP contribution in [0.3, 0.4) is 0 Å². The Bertz CT molecular complexity index is 2290. The van der Waals surface area contributed by atoms with Crippen molar-refractivity contribution in [3.8, 4) is 56.2 Å². The Morgan fingerprint density at radius 2 is 0.977 bits per heavy atom. The van der Waals surface area contributed by atoms with Crippen molar-refractivity contribution in [2.75, 3.05) is 0 Å². The SMILES string of the molecule is Clc1cccc(-c2cc(-c3ccc(-c4ccccc4)cc3)nc(-c3cccc(-c4ccc5c(c4)oc4ccccc45)c3)n2)c1. The second kappa shape index (κ2) is 11.0. The molecule has 4 heteroatoms. The molecule has 8 aromatic rings. The lowest BCUT2D eigenvalue weighted by Gasteiger charge is -2.11. The summed E-state index contributed by atoms with van der Waals surface area (Å²) >= 11 is 6.39. The highest BCUT2D eigenvalue weighted by Gasteiger charge is 2.13. The van der Waals surface area contributed by atoms with Crippen LogP contribution in [0.2, 0.25) is 5.02 Å². The van der Waals surface area contributed by atoms with Crippen molar-refractivity contribution in [3.05, 3.63) is 157 Å². The van der Waals surface area contributed by atoms with Crippen LogP contribution in [0.1, 0.15) is 0 Å². The molecule has 0 aliphatic rings. The summed E-state index contributed by atoms with van der Waals surface area (Å²) in [7, 11) is 0. The topological polar surface area (TPSA) is 38.9 Å². The molecule has 0 radical (unpaired) electrons. The van der Waals surface area contributed by atoms with Gasteiger partial charge in [0.2, 0.25) is 0 Å². The zero-order valence-electron chi connectivity index (χ0n) is 23.6. The van der Waals surface area contributed by atoms with E-state index in [1.807, 2.05) is 54.6 Å². The highest BCUT2D eigenvalue weighted by atomic mass is 35.5. The first-order valence-corrected chi connectivity index (χ1v) is 14.9. The summed E-state index contributed by atoms with van der Waals surface area (Å²) in [5.41, 5.74) is 10.8. The summed E-state index contributed by atoms with van der Waals surface area (Å²) in [6.45, 7) is 0. The van der Waals surface area contributed by atoms with Crippen LogP contribution in [-0.4, -0.2) is 9.97 Å². The van der Waals surface area contributed by atoms with Gasteiger partial charge in [0.25, 0.3) is 0 Å². The van der Waals surface area contributed by atoms with Crippen LogP contribution in [0.15, 0.2) is 156 Å². The molecule has 0 saturated heterocycles. The minimum Gasteiger partial charge on any atom is -0.456 e. The largest absolute Gasteiger partial charge is 0.456 e. The van der Waals surface area contributed by atoms with Crippen LogP contribution in [0.25, 0.3) is 78.1 Å². The normalized spacial score (nSPS) is 11.3. The molecule has 8 rings (SSSR count). The van der Waals surface area contributed by atoms with Crippen molar-refractivity contribution in [1.29, 1.82) is 0 Å². The van der Waals surface area contributed by atoms with E-state index < -0.39 is 0 Å². The van der Waals surface area contributed by atoms with E-state index in [-0.39, 0.29) is 0 Å². The summed E-state index contributed by atoms with van der Waals surface area (Å²) < 4.78 is 6.17. The molecule has 0 saturated carbocycles. The van der Waals surface area contributed by atoms with Gasteiger partial charge in [-0.05, 0) is 64.7 Å². The zero-order valence-corrected chi connectivity index (χ0v) is 24.4. The molecule has 3 nitrogen and oxygen atoms in total. The zero-order chi connectivity index (χ0) is 29.5. The van der Waals surface area contributed by atoms with Crippen LogP contribution >= 0.6 is 11.6 Å². The summed E-state index contributed by atoms with van der Waals surface area (Å²) in [5.74, 6) is 0.649. The van der Waals surface area contributed by atoms with Gasteiger partial charge in [0.1, 0.15) is 11.2 Å². The van der Waals surface area contributed by atoms with Gasteiger partial charge in [-0.1, -0.05) is 121 Å². The first-order chi connectivity index (χ1) is 21.7. The lowest BCUT2D eigenvalue weighted by molar-refractivity contribution is 0.669. The average Bonchev–Trinajstić information content (AvgIpc) is 3.47. The van der Waals surface area contributed by atoms with Crippen LogP contribution in [0.5, 0.6) is 0 Å². The molecule has 0 aliphatic heterocycles. The molecule has 0 atom stereocenters. The second-order valence-corrected chi connectivity index (χ2v) is 11.2. The summed E-state index contributed by atoms with van der Waals surface area (Å²) in [4.78, 5) is 10.1. The van der Waals surface area contributed by atoms with Crippen molar-refractivity contribution in [2.24, 2.45) is 0 Å². The second-order valence-electron chi connectivity index (χ2n) is 10.8. The molecule has 0 N–H and O–H groups in total. The van der Waals surface area contributed by atoms with Crippen molar-refractivity contribution in [1.82, 2.24) is 9.97 Å². The minimum atomic E-state index is 0.649. The number of benzene rings is 6. The van der Waals surface area contributed by atoms with Gasteiger partial charge in [0.05, 0.1) is 11.4 Å². The maximum atomic E-state index is 6.39. The number of hydrogen-bond donors (Lipinski definition) is 0. The Morgan fingerprint density at radius 1 is 0.386 bits per heavy atom.